The Hall–Kier alpha value is -3.04. The van der Waals surface area contributed by atoms with Gasteiger partial charge in [-0.2, -0.15) is 0 Å². The van der Waals surface area contributed by atoms with Gasteiger partial charge in [-0.05, 0) is 67.1 Å². The second-order valence-corrected chi connectivity index (χ2v) is 8.69. The number of aromatic nitrogens is 2. The lowest BCUT2D eigenvalue weighted by molar-refractivity contribution is -0.274. The van der Waals surface area contributed by atoms with Gasteiger partial charge < -0.3 is 21.1 Å². The topological polar surface area (TPSA) is 85.1 Å². The summed E-state index contributed by atoms with van der Waals surface area (Å²) in [4.78, 5) is 8.72. The van der Waals surface area contributed by atoms with E-state index in [4.69, 9.17) is 17.3 Å². The first-order valence-electron chi connectivity index (χ1n) is 11.0. The van der Waals surface area contributed by atoms with E-state index in [1.807, 2.05) is 18.2 Å². The summed E-state index contributed by atoms with van der Waals surface area (Å²) in [6.07, 6.45) is 2.51. The van der Waals surface area contributed by atoms with Crippen LogP contribution in [0.4, 0.5) is 24.8 Å². The van der Waals surface area contributed by atoms with E-state index in [9.17, 15) is 13.2 Å². The van der Waals surface area contributed by atoms with Crippen molar-refractivity contribution in [1.82, 2.24) is 9.97 Å². The second-order valence-electron chi connectivity index (χ2n) is 8.28. The molecule has 0 amide bonds. The fraction of sp³-hybridized carbons (Fsp3) is 0.333. The van der Waals surface area contributed by atoms with E-state index in [0.29, 0.717) is 22.4 Å². The molecule has 1 aliphatic rings. The molecule has 3 aromatic rings. The van der Waals surface area contributed by atoms with Crippen LogP contribution < -0.4 is 21.1 Å². The maximum absolute atomic E-state index is 12.5. The maximum Gasteiger partial charge on any atom is 0.573 e. The minimum atomic E-state index is -4.73. The molecular formula is C24H25ClF3N5O. The average Bonchev–Trinajstić information content (AvgIpc) is 2.80. The van der Waals surface area contributed by atoms with Crippen molar-refractivity contribution < 1.29 is 17.9 Å². The van der Waals surface area contributed by atoms with Crippen molar-refractivity contribution in [3.05, 3.63) is 65.4 Å². The molecule has 34 heavy (non-hydrogen) atoms. The molecule has 2 aromatic heterocycles. The van der Waals surface area contributed by atoms with Crippen LogP contribution in [0.5, 0.6) is 5.75 Å². The number of ether oxygens (including phenoxy) is 1. The number of rotatable bonds is 7. The van der Waals surface area contributed by atoms with Crippen LogP contribution in [0.1, 0.15) is 31.2 Å². The number of benzene rings is 1. The molecule has 6 nitrogen and oxygen atoms in total. The highest BCUT2D eigenvalue weighted by Crippen LogP contribution is 2.31. The number of nitrogens with one attached hydrogen (secondary N) is 2. The monoisotopic (exact) mass is 491 g/mol. The van der Waals surface area contributed by atoms with Crippen LogP contribution in [0.2, 0.25) is 5.02 Å². The highest BCUT2D eigenvalue weighted by Gasteiger charge is 2.31. The second kappa shape index (κ2) is 10.5. The molecule has 1 aromatic carbocycles. The minimum Gasteiger partial charge on any atom is -0.406 e. The highest BCUT2D eigenvalue weighted by atomic mass is 35.5. The first kappa shape index (κ1) is 24.1. The number of nitrogens with two attached hydrogens (primary N) is 1. The first-order chi connectivity index (χ1) is 16.2. The molecule has 0 saturated heterocycles. The third-order valence-corrected chi connectivity index (χ3v) is 5.96. The summed E-state index contributed by atoms with van der Waals surface area (Å²) in [6.45, 7) is 0.270. The third kappa shape index (κ3) is 6.74. The fourth-order valence-corrected chi connectivity index (χ4v) is 4.16. The van der Waals surface area contributed by atoms with Crippen molar-refractivity contribution >= 4 is 23.2 Å². The minimum absolute atomic E-state index is 0.267. The molecule has 4 N–H and O–H groups in total. The molecule has 180 valence electrons. The molecule has 0 spiro atoms. The zero-order valence-corrected chi connectivity index (χ0v) is 19.0. The molecule has 4 rings (SSSR count). The van der Waals surface area contributed by atoms with Crippen molar-refractivity contribution in [2.45, 2.75) is 50.7 Å². The Morgan fingerprint density at radius 1 is 1.03 bits per heavy atom. The van der Waals surface area contributed by atoms with Crippen molar-refractivity contribution in [3.8, 4) is 16.9 Å². The van der Waals surface area contributed by atoms with Gasteiger partial charge in [0.15, 0.2) is 0 Å². The zero-order chi connectivity index (χ0) is 24.1. The summed E-state index contributed by atoms with van der Waals surface area (Å²) in [5.74, 6) is 1.04. The molecule has 0 radical (unpaired) electrons. The van der Waals surface area contributed by atoms with Gasteiger partial charge in [-0.1, -0.05) is 23.7 Å². The molecular weight excluding hydrogens is 467 g/mol. The predicted octanol–water partition coefficient (Wildman–Crippen LogP) is 5.99. The molecule has 0 aliphatic heterocycles. The largest absolute Gasteiger partial charge is 0.573 e. The molecule has 2 heterocycles. The van der Waals surface area contributed by atoms with Crippen molar-refractivity contribution in [1.29, 1.82) is 0 Å². The molecule has 0 bridgehead atoms. The van der Waals surface area contributed by atoms with Crippen LogP contribution in [0.15, 0.2) is 54.9 Å². The van der Waals surface area contributed by atoms with E-state index in [-0.39, 0.29) is 18.3 Å². The summed E-state index contributed by atoms with van der Waals surface area (Å²) < 4.78 is 41.4. The zero-order valence-electron chi connectivity index (χ0n) is 18.3. The Morgan fingerprint density at radius 3 is 2.59 bits per heavy atom. The van der Waals surface area contributed by atoms with Gasteiger partial charge in [0.2, 0.25) is 0 Å². The number of nitrogens with zero attached hydrogens (tertiary/aromatic N) is 2. The number of pyridine rings is 2. The molecule has 0 unspecified atom stereocenters. The summed E-state index contributed by atoms with van der Waals surface area (Å²) in [7, 11) is 0. The Morgan fingerprint density at radius 2 is 1.82 bits per heavy atom. The van der Waals surface area contributed by atoms with E-state index in [0.717, 1.165) is 42.6 Å². The molecule has 10 heteroatoms. The lowest BCUT2D eigenvalue weighted by atomic mass is 9.92. The smallest absolute Gasteiger partial charge is 0.406 e. The van der Waals surface area contributed by atoms with Gasteiger partial charge in [0.25, 0.3) is 0 Å². The van der Waals surface area contributed by atoms with Crippen LogP contribution in [-0.4, -0.2) is 28.4 Å². The van der Waals surface area contributed by atoms with Gasteiger partial charge in [-0.3, -0.25) is 0 Å². The third-order valence-electron chi connectivity index (χ3n) is 5.66. The number of halogens is 4. The average molecular weight is 492 g/mol. The van der Waals surface area contributed by atoms with Crippen LogP contribution in [0.25, 0.3) is 11.1 Å². The Labute approximate surface area is 200 Å². The van der Waals surface area contributed by atoms with Crippen LogP contribution in [0.3, 0.4) is 0 Å². The van der Waals surface area contributed by atoms with Gasteiger partial charge in [0, 0.05) is 36.6 Å². The summed E-state index contributed by atoms with van der Waals surface area (Å²) in [5.41, 5.74) is 8.26. The number of hydrogen-bond acceptors (Lipinski definition) is 6. The Balaban J connectivity index is 1.45. The SMILES string of the molecule is NC1CCC(Nc2cc(-c3ccnc(NCc4cccc(OC(F)(F)F)c4)c3)c(Cl)cn2)CC1. The van der Waals surface area contributed by atoms with E-state index in [1.165, 1.54) is 18.2 Å². The molecule has 0 atom stereocenters. The fourth-order valence-electron chi connectivity index (χ4n) is 3.95. The summed E-state index contributed by atoms with van der Waals surface area (Å²) >= 11 is 6.43. The lowest BCUT2D eigenvalue weighted by Crippen LogP contribution is -2.33. The normalized spacial score (nSPS) is 18.4. The molecule has 1 fully saturated rings. The number of anilines is 2. The van der Waals surface area contributed by atoms with E-state index in [2.05, 4.69) is 25.3 Å². The van der Waals surface area contributed by atoms with E-state index in [1.54, 1.807) is 18.5 Å². The molecule has 1 aliphatic carbocycles. The quantitative estimate of drug-likeness (QED) is 0.376. The standard InChI is InChI=1S/C24H25ClF3N5O/c25-21-14-32-23(33-18-6-4-17(29)5-7-18)12-20(21)16-8-9-30-22(11-16)31-13-15-2-1-3-19(10-15)34-24(26,27)28/h1-3,8-12,14,17-18H,4-7,13,29H2,(H,30,31)(H,32,33). The first-order valence-corrected chi connectivity index (χ1v) is 11.4. The number of alkyl halides is 3. The van der Waals surface area contributed by atoms with E-state index < -0.39 is 6.36 Å². The maximum atomic E-state index is 12.5. The van der Waals surface area contributed by atoms with Crippen molar-refractivity contribution in [2.75, 3.05) is 10.6 Å². The van der Waals surface area contributed by atoms with Crippen LogP contribution in [0, 0.1) is 0 Å². The summed E-state index contributed by atoms with van der Waals surface area (Å²) in [5, 5.41) is 7.11. The predicted molar refractivity (Wildman–Crippen MR) is 127 cm³/mol. The number of hydrogen-bond donors (Lipinski definition) is 3. The van der Waals surface area contributed by atoms with Gasteiger partial charge in [-0.25, -0.2) is 9.97 Å². The van der Waals surface area contributed by atoms with E-state index >= 15 is 0 Å². The van der Waals surface area contributed by atoms with Crippen LogP contribution in [-0.2, 0) is 6.54 Å². The van der Waals surface area contributed by atoms with Gasteiger partial charge in [0.05, 0.1) is 5.02 Å². The van der Waals surface area contributed by atoms with Gasteiger partial charge >= 0.3 is 6.36 Å². The summed E-state index contributed by atoms with van der Waals surface area (Å²) in [6, 6.07) is 12.0. The van der Waals surface area contributed by atoms with Crippen molar-refractivity contribution in [3.63, 3.8) is 0 Å². The molecule has 1 saturated carbocycles. The Bertz CT molecular complexity index is 1120. The Kier molecular flexibility index (Phi) is 7.43. The highest BCUT2D eigenvalue weighted by molar-refractivity contribution is 6.33. The van der Waals surface area contributed by atoms with Crippen LogP contribution >= 0.6 is 11.6 Å². The lowest BCUT2D eigenvalue weighted by Gasteiger charge is -2.27. The van der Waals surface area contributed by atoms with Gasteiger partial charge in [-0.15, -0.1) is 13.2 Å². The van der Waals surface area contributed by atoms with Crippen molar-refractivity contribution in [2.24, 2.45) is 5.73 Å². The van der Waals surface area contributed by atoms with Gasteiger partial charge in [0.1, 0.15) is 17.4 Å².